The Morgan fingerprint density at radius 2 is 1.88 bits per heavy atom. The average Bonchev–Trinajstić information content (AvgIpc) is 3.38. The van der Waals surface area contributed by atoms with Gasteiger partial charge in [0.1, 0.15) is 15.8 Å². The van der Waals surface area contributed by atoms with Crippen LogP contribution in [0.1, 0.15) is 25.7 Å². The van der Waals surface area contributed by atoms with Gasteiger partial charge in [-0.2, -0.15) is 5.10 Å². The van der Waals surface area contributed by atoms with Gasteiger partial charge in [-0.15, -0.1) is 0 Å². The summed E-state index contributed by atoms with van der Waals surface area (Å²) in [6.07, 6.45) is 6.86. The van der Waals surface area contributed by atoms with Crippen LogP contribution in [0.5, 0.6) is 0 Å². The van der Waals surface area contributed by atoms with E-state index in [2.05, 4.69) is 54.5 Å². The lowest BCUT2D eigenvalue weighted by Gasteiger charge is -2.36. The lowest BCUT2D eigenvalue weighted by atomic mass is 10.0. The monoisotopic (exact) mass is 441 g/mol. The van der Waals surface area contributed by atoms with Gasteiger partial charge >= 0.3 is 0 Å². The van der Waals surface area contributed by atoms with E-state index in [0.717, 1.165) is 39.9 Å². The second-order valence-corrected chi connectivity index (χ2v) is 7.96. The van der Waals surface area contributed by atoms with Crippen molar-refractivity contribution in [2.24, 2.45) is 0 Å². The van der Waals surface area contributed by atoms with Gasteiger partial charge in [0.15, 0.2) is 5.65 Å². The number of aromatic nitrogens is 4. The number of hydrogen-bond donors (Lipinski definition) is 1. The van der Waals surface area contributed by atoms with E-state index in [9.17, 15) is 0 Å². The van der Waals surface area contributed by atoms with Crippen molar-refractivity contribution in [3.8, 4) is 0 Å². The van der Waals surface area contributed by atoms with Gasteiger partial charge in [0.05, 0.1) is 11.9 Å². The van der Waals surface area contributed by atoms with E-state index in [1.165, 1.54) is 45.1 Å². The zero-order valence-corrected chi connectivity index (χ0v) is 16.2. The number of nitrogens with two attached hydrogens (primary N) is 1. The molecule has 4 rings (SSSR count). The number of fused-ring (bicyclic) bond motifs is 1. The molecule has 1 aliphatic heterocycles. The van der Waals surface area contributed by atoms with E-state index in [1.54, 1.807) is 0 Å². The van der Waals surface area contributed by atoms with Gasteiger partial charge in [-0.25, -0.2) is 14.6 Å². The van der Waals surface area contributed by atoms with Gasteiger partial charge in [-0.1, -0.05) is 0 Å². The van der Waals surface area contributed by atoms with Gasteiger partial charge in [-0.05, 0) is 68.4 Å². The minimum Gasteiger partial charge on any atom is -0.383 e. The van der Waals surface area contributed by atoms with Crippen LogP contribution in [0.3, 0.4) is 0 Å². The van der Waals surface area contributed by atoms with Crippen molar-refractivity contribution in [1.29, 1.82) is 0 Å². The fourth-order valence-electron chi connectivity index (χ4n) is 3.71. The van der Waals surface area contributed by atoms with Crippen LogP contribution in [0.15, 0.2) is 6.33 Å². The minimum absolute atomic E-state index is 0.513. The van der Waals surface area contributed by atoms with Crippen LogP contribution in [0.4, 0.5) is 5.82 Å². The van der Waals surface area contributed by atoms with E-state index in [-0.39, 0.29) is 0 Å². The molecular formula is C16H24IN7. The van der Waals surface area contributed by atoms with Crippen LogP contribution < -0.4 is 5.73 Å². The molecule has 0 spiro atoms. The molecule has 3 heterocycles. The second-order valence-electron chi connectivity index (χ2n) is 6.94. The molecule has 0 amide bonds. The Bertz CT molecular complexity index is 719. The zero-order valence-electron chi connectivity index (χ0n) is 14.0. The Morgan fingerprint density at radius 1 is 1.17 bits per heavy atom. The Balaban J connectivity index is 1.35. The molecular weight excluding hydrogens is 417 g/mol. The Labute approximate surface area is 155 Å². The third kappa shape index (κ3) is 3.23. The minimum atomic E-state index is 0.513. The normalized spacial score (nSPS) is 20.3. The molecule has 0 unspecified atom stereocenters. The lowest BCUT2D eigenvalue weighted by Crippen LogP contribution is -2.44. The van der Waals surface area contributed by atoms with E-state index in [1.807, 2.05) is 4.68 Å². The highest BCUT2D eigenvalue weighted by atomic mass is 127. The summed E-state index contributed by atoms with van der Waals surface area (Å²) in [6, 6.07) is 1.64. The van der Waals surface area contributed by atoms with Crippen LogP contribution in [0.25, 0.3) is 11.0 Å². The summed E-state index contributed by atoms with van der Waals surface area (Å²) in [4.78, 5) is 13.6. The summed E-state index contributed by atoms with van der Waals surface area (Å²) < 4.78 is 2.85. The van der Waals surface area contributed by atoms with Crippen molar-refractivity contribution in [2.45, 2.75) is 44.3 Å². The van der Waals surface area contributed by atoms with Crippen molar-refractivity contribution in [3.63, 3.8) is 0 Å². The summed E-state index contributed by atoms with van der Waals surface area (Å²) in [5.74, 6) is 0.513. The van der Waals surface area contributed by atoms with Crippen molar-refractivity contribution >= 4 is 39.4 Å². The predicted molar refractivity (Wildman–Crippen MR) is 103 cm³/mol. The number of anilines is 1. The molecule has 2 aromatic rings. The van der Waals surface area contributed by atoms with Crippen molar-refractivity contribution in [3.05, 3.63) is 10.0 Å². The number of hydrogen-bond acceptors (Lipinski definition) is 6. The average molecular weight is 441 g/mol. The van der Waals surface area contributed by atoms with E-state index in [0.29, 0.717) is 5.82 Å². The summed E-state index contributed by atoms with van der Waals surface area (Å²) in [5, 5.41) is 5.47. The van der Waals surface area contributed by atoms with E-state index >= 15 is 0 Å². The van der Waals surface area contributed by atoms with Crippen molar-refractivity contribution < 1.29 is 0 Å². The topological polar surface area (TPSA) is 76.1 Å². The zero-order chi connectivity index (χ0) is 16.7. The van der Waals surface area contributed by atoms with Gasteiger partial charge in [0.25, 0.3) is 0 Å². The highest BCUT2D eigenvalue weighted by molar-refractivity contribution is 14.1. The number of likely N-dealkylation sites (tertiary alicyclic amines) is 1. The van der Waals surface area contributed by atoms with Crippen LogP contribution in [-0.2, 0) is 6.54 Å². The Morgan fingerprint density at radius 3 is 2.58 bits per heavy atom. The number of piperidine rings is 1. The number of halogens is 1. The highest BCUT2D eigenvalue weighted by Gasteiger charge is 2.32. The molecule has 0 atom stereocenters. The van der Waals surface area contributed by atoms with Gasteiger partial charge in [-0.3, -0.25) is 0 Å². The third-order valence-electron chi connectivity index (χ3n) is 5.40. The number of nitrogens with zero attached hydrogens (tertiary/aromatic N) is 6. The second kappa shape index (κ2) is 6.72. The molecule has 24 heavy (non-hydrogen) atoms. The standard InChI is InChI=1S/C16H24IN7/c1-22(11-2-3-11)12-4-6-23(7-5-12)8-9-24-16-13(14(17)21-24)15(18)19-10-20-16/h10-12H,2-9H2,1H3,(H2,18,19,20). The number of rotatable bonds is 5. The largest absolute Gasteiger partial charge is 0.383 e. The molecule has 1 saturated heterocycles. The SMILES string of the molecule is CN(C1CC1)C1CCN(CCn2nc(I)c3c(N)ncnc32)CC1. The molecule has 130 valence electrons. The Kier molecular flexibility index (Phi) is 4.61. The van der Waals surface area contributed by atoms with Crippen LogP contribution in [0, 0.1) is 3.70 Å². The summed E-state index contributed by atoms with van der Waals surface area (Å²) in [7, 11) is 2.31. The van der Waals surface area contributed by atoms with Crippen LogP contribution >= 0.6 is 22.6 Å². The summed E-state index contributed by atoms with van der Waals surface area (Å²) >= 11 is 2.21. The fourth-order valence-corrected chi connectivity index (χ4v) is 4.49. The summed E-state index contributed by atoms with van der Waals surface area (Å²) in [5.41, 5.74) is 6.80. The van der Waals surface area contributed by atoms with Gasteiger partial charge in [0.2, 0.25) is 0 Å². The fraction of sp³-hybridized carbons (Fsp3) is 0.688. The van der Waals surface area contributed by atoms with Crippen molar-refractivity contribution in [2.75, 3.05) is 32.4 Å². The molecule has 2 aliphatic rings. The molecule has 0 radical (unpaired) electrons. The quantitative estimate of drug-likeness (QED) is 0.711. The molecule has 1 aliphatic carbocycles. The molecule has 2 N–H and O–H groups in total. The van der Waals surface area contributed by atoms with E-state index in [4.69, 9.17) is 5.73 Å². The molecule has 0 aromatic carbocycles. The first-order valence-electron chi connectivity index (χ1n) is 8.70. The molecule has 2 fully saturated rings. The van der Waals surface area contributed by atoms with Crippen molar-refractivity contribution in [1.82, 2.24) is 29.5 Å². The third-order valence-corrected chi connectivity index (χ3v) is 6.15. The smallest absolute Gasteiger partial charge is 0.164 e. The molecule has 7 nitrogen and oxygen atoms in total. The molecule has 1 saturated carbocycles. The maximum absolute atomic E-state index is 5.96. The summed E-state index contributed by atoms with van der Waals surface area (Å²) in [6.45, 7) is 4.21. The highest BCUT2D eigenvalue weighted by Crippen LogP contribution is 2.30. The number of nitrogen functional groups attached to an aromatic ring is 1. The maximum Gasteiger partial charge on any atom is 0.164 e. The van der Waals surface area contributed by atoms with Gasteiger partial charge in [0, 0.05) is 18.6 Å². The first kappa shape index (κ1) is 16.5. The first-order chi connectivity index (χ1) is 11.6. The van der Waals surface area contributed by atoms with E-state index < -0.39 is 0 Å². The Hall–Kier alpha value is -1.00. The predicted octanol–water partition coefficient (Wildman–Crippen LogP) is 1.57. The molecule has 8 heteroatoms. The molecule has 2 aromatic heterocycles. The molecule has 0 bridgehead atoms. The maximum atomic E-state index is 5.96. The first-order valence-corrected chi connectivity index (χ1v) is 9.78. The van der Waals surface area contributed by atoms with Crippen LogP contribution in [0.2, 0.25) is 0 Å². The van der Waals surface area contributed by atoms with Crippen LogP contribution in [-0.4, -0.2) is 68.3 Å². The lowest BCUT2D eigenvalue weighted by molar-refractivity contribution is 0.120. The van der Waals surface area contributed by atoms with Gasteiger partial charge < -0.3 is 15.5 Å².